The molecule has 0 bridgehead atoms. The van der Waals surface area contributed by atoms with Gasteiger partial charge in [-0.25, -0.2) is 4.39 Å². The van der Waals surface area contributed by atoms with Crippen molar-refractivity contribution in [2.24, 2.45) is 0 Å². The first kappa shape index (κ1) is 20.7. The average Bonchev–Trinajstić information content (AvgIpc) is 2.67. The van der Waals surface area contributed by atoms with Gasteiger partial charge in [-0.15, -0.1) is 0 Å². The maximum atomic E-state index is 13.9. The minimum absolute atomic E-state index is 0.0481. The molecule has 1 aliphatic heterocycles. The lowest BCUT2D eigenvalue weighted by atomic mass is 9.68. The van der Waals surface area contributed by atoms with Crippen LogP contribution in [0.2, 0.25) is 0 Å². The van der Waals surface area contributed by atoms with E-state index in [1.54, 1.807) is 18.0 Å². The monoisotopic (exact) mass is 392 g/mol. The minimum atomic E-state index is -0.890. The molecule has 1 aromatic carbocycles. The molecule has 3 rings (SSSR count). The van der Waals surface area contributed by atoms with E-state index < -0.39 is 11.4 Å². The molecule has 2 fully saturated rings. The summed E-state index contributed by atoms with van der Waals surface area (Å²) in [6.45, 7) is 1.75. The van der Waals surface area contributed by atoms with Crippen LogP contribution in [0, 0.1) is 5.82 Å². The van der Waals surface area contributed by atoms with E-state index in [2.05, 4.69) is 0 Å². The lowest BCUT2D eigenvalue weighted by Crippen LogP contribution is -2.55. The Morgan fingerprint density at radius 2 is 2.07 bits per heavy atom. The number of carbonyl (C=O) groups is 2. The van der Waals surface area contributed by atoms with Gasteiger partial charge in [0.2, 0.25) is 5.91 Å². The predicted molar refractivity (Wildman–Crippen MR) is 103 cm³/mol. The molecule has 1 N–H and O–H groups in total. The van der Waals surface area contributed by atoms with Crippen LogP contribution in [0.15, 0.2) is 24.3 Å². The fraction of sp³-hybridized carbons (Fsp3) is 0.619. The summed E-state index contributed by atoms with van der Waals surface area (Å²) in [5.74, 6) is -1.16. The molecule has 6 nitrogen and oxygen atoms in total. The highest BCUT2D eigenvalue weighted by Crippen LogP contribution is 2.41. The first-order valence-corrected chi connectivity index (χ1v) is 9.98. The van der Waals surface area contributed by atoms with Gasteiger partial charge >= 0.3 is 5.97 Å². The summed E-state index contributed by atoms with van der Waals surface area (Å²) in [6.07, 6.45) is 4.24. The molecule has 1 saturated carbocycles. The summed E-state index contributed by atoms with van der Waals surface area (Å²) < 4.78 is 19.7. The van der Waals surface area contributed by atoms with Gasteiger partial charge in [-0.2, -0.15) is 0 Å². The van der Waals surface area contributed by atoms with Crippen LogP contribution in [0.25, 0.3) is 0 Å². The molecule has 0 radical (unpaired) electrons. The number of carboxylic acid groups (broad SMARTS) is 1. The van der Waals surface area contributed by atoms with Crippen LogP contribution in [0.4, 0.5) is 4.39 Å². The highest BCUT2D eigenvalue weighted by molar-refractivity contribution is 5.88. The van der Waals surface area contributed by atoms with Gasteiger partial charge < -0.3 is 14.7 Å². The standard InChI is InChI=1S/C21H29FN2O4/c1-23(15-19(25)26)13-18-14-24(10-11-28-18)20(27)21(8-3-2-4-9-21)16-6-5-7-17(22)12-16/h5-7,12,18H,2-4,8-11,13-15H2,1H3,(H,25,26). The largest absolute Gasteiger partial charge is 0.480 e. The number of likely N-dealkylation sites (N-methyl/N-ethyl adjacent to an activating group) is 1. The van der Waals surface area contributed by atoms with E-state index in [1.807, 2.05) is 11.0 Å². The fourth-order valence-corrected chi connectivity index (χ4v) is 4.53. The number of benzene rings is 1. The van der Waals surface area contributed by atoms with Crippen molar-refractivity contribution >= 4 is 11.9 Å². The van der Waals surface area contributed by atoms with Gasteiger partial charge in [0.25, 0.3) is 0 Å². The Balaban J connectivity index is 1.76. The number of rotatable bonds is 6. The number of morpholine rings is 1. The van der Waals surface area contributed by atoms with Gasteiger partial charge in [-0.3, -0.25) is 14.5 Å². The Bertz CT molecular complexity index is 705. The van der Waals surface area contributed by atoms with E-state index in [-0.39, 0.29) is 24.4 Å². The number of amides is 1. The number of aliphatic carboxylic acids is 1. The number of ether oxygens (including phenoxy) is 1. The molecule has 1 aromatic rings. The van der Waals surface area contributed by atoms with E-state index in [1.165, 1.54) is 12.1 Å². The van der Waals surface area contributed by atoms with E-state index in [9.17, 15) is 14.0 Å². The number of carbonyl (C=O) groups excluding carboxylic acids is 1. The number of halogens is 1. The van der Waals surface area contributed by atoms with E-state index >= 15 is 0 Å². The van der Waals surface area contributed by atoms with Gasteiger partial charge in [0, 0.05) is 19.6 Å². The maximum Gasteiger partial charge on any atom is 0.317 e. The van der Waals surface area contributed by atoms with Crippen molar-refractivity contribution in [3.05, 3.63) is 35.6 Å². The Kier molecular flexibility index (Phi) is 6.67. The first-order chi connectivity index (χ1) is 13.4. The summed E-state index contributed by atoms with van der Waals surface area (Å²) >= 11 is 0. The molecule has 2 aliphatic rings. The molecule has 154 valence electrons. The van der Waals surface area contributed by atoms with Gasteiger partial charge in [-0.1, -0.05) is 31.4 Å². The molecule has 1 saturated heterocycles. The lowest BCUT2D eigenvalue weighted by molar-refractivity contribution is -0.148. The smallest absolute Gasteiger partial charge is 0.317 e. The van der Waals surface area contributed by atoms with Crippen LogP contribution >= 0.6 is 0 Å². The third kappa shape index (κ3) is 4.70. The van der Waals surface area contributed by atoms with Crippen LogP contribution in [0.5, 0.6) is 0 Å². The number of hydrogen-bond acceptors (Lipinski definition) is 4. The molecule has 0 spiro atoms. The molecule has 1 aliphatic carbocycles. The van der Waals surface area contributed by atoms with Crippen LogP contribution in [0.1, 0.15) is 37.7 Å². The third-order valence-electron chi connectivity index (χ3n) is 5.84. The van der Waals surface area contributed by atoms with E-state index in [0.717, 1.165) is 37.7 Å². The van der Waals surface area contributed by atoms with Crippen LogP contribution < -0.4 is 0 Å². The van der Waals surface area contributed by atoms with Crippen molar-refractivity contribution in [2.45, 2.75) is 43.6 Å². The number of nitrogens with zero attached hydrogens (tertiary/aromatic N) is 2. The van der Waals surface area contributed by atoms with Crippen molar-refractivity contribution < 1.29 is 23.8 Å². The van der Waals surface area contributed by atoms with Crippen LogP contribution in [-0.4, -0.2) is 72.7 Å². The summed E-state index contributed by atoms with van der Waals surface area (Å²) in [5, 5.41) is 8.93. The highest BCUT2D eigenvalue weighted by Gasteiger charge is 2.44. The number of hydrogen-bond donors (Lipinski definition) is 1. The minimum Gasteiger partial charge on any atom is -0.480 e. The molecule has 28 heavy (non-hydrogen) atoms. The zero-order valence-electron chi connectivity index (χ0n) is 16.4. The van der Waals surface area contributed by atoms with Crippen LogP contribution in [0.3, 0.4) is 0 Å². The van der Waals surface area contributed by atoms with Gasteiger partial charge in [0.05, 0.1) is 24.7 Å². The van der Waals surface area contributed by atoms with Crippen LogP contribution in [-0.2, 0) is 19.7 Å². The SMILES string of the molecule is CN(CC(=O)O)CC1CN(C(=O)C2(c3cccc(F)c3)CCCCC2)CCO1. The second kappa shape index (κ2) is 9.01. The lowest BCUT2D eigenvalue weighted by Gasteiger charge is -2.43. The summed E-state index contributed by atoms with van der Waals surface area (Å²) in [6, 6.07) is 6.46. The molecule has 1 unspecified atom stereocenters. The van der Waals surface area contributed by atoms with E-state index in [4.69, 9.17) is 9.84 Å². The summed E-state index contributed by atoms with van der Waals surface area (Å²) in [7, 11) is 1.73. The Labute approximate surface area is 165 Å². The molecule has 1 heterocycles. The first-order valence-electron chi connectivity index (χ1n) is 9.98. The second-order valence-electron chi connectivity index (χ2n) is 7.99. The van der Waals surface area contributed by atoms with Crippen molar-refractivity contribution in [2.75, 3.05) is 39.8 Å². The quantitative estimate of drug-likeness (QED) is 0.804. The molecule has 0 aromatic heterocycles. The average molecular weight is 392 g/mol. The van der Waals surface area contributed by atoms with Crippen molar-refractivity contribution in [3.8, 4) is 0 Å². The fourth-order valence-electron chi connectivity index (χ4n) is 4.53. The number of carboxylic acids is 1. The van der Waals surface area contributed by atoms with Crippen molar-refractivity contribution in [3.63, 3.8) is 0 Å². The topological polar surface area (TPSA) is 70.1 Å². The van der Waals surface area contributed by atoms with Gasteiger partial charge in [-0.05, 0) is 37.6 Å². The Morgan fingerprint density at radius 1 is 1.32 bits per heavy atom. The molecular formula is C21H29FN2O4. The normalized spacial score (nSPS) is 22.2. The van der Waals surface area contributed by atoms with Gasteiger partial charge in [0.1, 0.15) is 5.82 Å². The maximum absolute atomic E-state index is 13.9. The molecule has 1 amide bonds. The Morgan fingerprint density at radius 3 is 2.75 bits per heavy atom. The second-order valence-corrected chi connectivity index (χ2v) is 7.99. The van der Waals surface area contributed by atoms with Gasteiger partial charge in [0.15, 0.2) is 0 Å². The van der Waals surface area contributed by atoms with Crippen molar-refractivity contribution in [1.29, 1.82) is 0 Å². The zero-order valence-corrected chi connectivity index (χ0v) is 16.4. The molecular weight excluding hydrogens is 363 g/mol. The molecule has 1 atom stereocenters. The molecule has 7 heteroatoms. The van der Waals surface area contributed by atoms with Crippen molar-refractivity contribution in [1.82, 2.24) is 9.80 Å². The Hall–Kier alpha value is -1.99. The zero-order chi connectivity index (χ0) is 20.1. The van der Waals surface area contributed by atoms with E-state index in [0.29, 0.717) is 26.2 Å². The summed E-state index contributed by atoms with van der Waals surface area (Å²) in [4.78, 5) is 28.0. The summed E-state index contributed by atoms with van der Waals surface area (Å²) in [5.41, 5.74) is 0.0955. The third-order valence-corrected chi connectivity index (χ3v) is 5.84. The predicted octanol–water partition coefficient (Wildman–Crippen LogP) is 2.27. The highest BCUT2D eigenvalue weighted by atomic mass is 19.1.